The molecule has 152 valence electrons. The van der Waals surface area contributed by atoms with Crippen LogP contribution in [0.2, 0.25) is 0 Å². The van der Waals surface area contributed by atoms with Gasteiger partial charge in [0.2, 0.25) is 0 Å². The molecule has 0 aliphatic heterocycles. The number of fused-ring (bicyclic) bond motifs is 1. The zero-order valence-corrected chi connectivity index (χ0v) is 16.7. The van der Waals surface area contributed by atoms with Crippen molar-refractivity contribution in [2.24, 2.45) is 0 Å². The standard InChI is InChI=1S/C22H27N5O2/c1-2-29-19-12-6-5-10-17(19)26-22(28)24-15-13-20-25-18-11-7-14-23-21(18)27(20)16-8-3-4-9-16/h5-7,10-12,14,16H,2-4,8-9,13,15H2,1H3,(H2,24,26,28). The number of aromatic nitrogens is 3. The van der Waals surface area contributed by atoms with Gasteiger partial charge in [0, 0.05) is 25.2 Å². The lowest BCUT2D eigenvalue weighted by atomic mass is 10.2. The average Bonchev–Trinajstić information content (AvgIpc) is 3.37. The molecule has 4 rings (SSSR count). The number of amides is 2. The number of anilines is 1. The molecular formula is C22H27N5O2. The normalized spacial score (nSPS) is 14.2. The fraction of sp³-hybridized carbons (Fsp3) is 0.409. The third kappa shape index (κ3) is 4.34. The zero-order valence-electron chi connectivity index (χ0n) is 16.7. The SMILES string of the molecule is CCOc1ccccc1NC(=O)NCCc1nc2cccnc2n1C1CCCC1. The minimum Gasteiger partial charge on any atom is -0.492 e. The van der Waals surface area contributed by atoms with Crippen LogP contribution in [0.15, 0.2) is 42.6 Å². The maximum Gasteiger partial charge on any atom is 0.319 e. The molecule has 2 heterocycles. The summed E-state index contributed by atoms with van der Waals surface area (Å²) in [6.45, 7) is 2.96. The van der Waals surface area contributed by atoms with E-state index >= 15 is 0 Å². The van der Waals surface area contributed by atoms with Gasteiger partial charge in [0.1, 0.15) is 17.1 Å². The Kier molecular flexibility index (Phi) is 5.93. The van der Waals surface area contributed by atoms with Gasteiger partial charge in [-0.15, -0.1) is 0 Å². The van der Waals surface area contributed by atoms with Crippen LogP contribution in [0.25, 0.3) is 11.2 Å². The number of hydrogen-bond acceptors (Lipinski definition) is 4. The van der Waals surface area contributed by atoms with Crippen LogP contribution in [0.1, 0.15) is 44.5 Å². The monoisotopic (exact) mass is 393 g/mol. The highest BCUT2D eigenvalue weighted by Gasteiger charge is 2.23. The molecule has 7 heteroatoms. The molecule has 3 aromatic rings. The van der Waals surface area contributed by atoms with Gasteiger partial charge in [-0.2, -0.15) is 0 Å². The molecule has 1 saturated carbocycles. The highest BCUT2D eigenvalue weighted by Crippen LogP contribution is 2.33. The number of ether oxygens (including phenoxy) is 1. The quantitative estimate of drug-likeness (QED) is 0.627. The van der Waals surface area contributed by atoms with Crippen LogP contribution >= 0.6 is 0 Å². The first-order chi connectivity index (χ1) is 14.3. The lowest BCUT2D eigenvalue weighted by molar-refractivity contribution is 0.252. The number of hydrogen-bond donors (Lipinski definition) is 2. The fourth-order valence-corrected chi connectivity index (χ4v) is 4.00. The lowest BCUT2D eigenvalue weighted by Gasteiger charge is -2.16. The summed E-state index contributed by atoms with van der Waals surface area (Å²) < 4.78 is 7.84. The van der Waals surface area contributed by atoms with Gasteiger partial charge >= 0.3 is 6.03 Å². The molecule has 2 aromatic heterocycles. The fourth-order valence-electron chi connectivity index (χ4n) is 4.00. The van der Waals surface area contributed by atoms with E-state index in [2.05, 4.69) is 20.2 Å². The van der Waals surface area contributed by atoms with Crippen molar-refractivity contribution < 1.29 is 9.53 Å². The second-order valence-electron chi connectivity index (χ2n) is 7.24. The predicted octanol–water partition coefficient (Wildman–Crippen LogP) is 4.31. The topological polar surface area (TPSA) is 81.1 Å². The van der Waals surface area contributed by atoms with E-state index in [0.717, 1.165) is 29.8 Å². The third-order valence-corrected chi connectivity index (χ3v) is 5.28. The van der Waals surface area contributed by atoms with Crippen LogP contribution in [0.5, 0.6) is 5.75 Å². The number of urea groups is 1. The van der Waals surface area contributed by atoms with Crippen molar-refractivity contribution in [3.05, 3.63) is 48.4 Å². The average molecular weight is 393 g/mol. The highest BCUT2D eigenvalue weighted by atomic mass is 16.5. The number of carbonyl (C=O) groups excluding carboxylic acids is 1. The smallest absolute Gasteiger partial charge is 0.319 e. The van der Waals surface area contributed by atoms with Crippen molar-refractivity contribution in [2.75, 3.05) is 18.5 Å². The molecule has 2 amide bonds. The molecule has 0 radical (unpaired) electrons. The summed E-state index contributed by atoms with van der Waals surface area (Å²) in [6, 6.07) is 11.5. The highest BCUT2D eigenvalue weighted by molar-refractivity contribution is 5.90. The predicted molar refractivity (Wildman–Crippen MR) is 113 cm³/mol. The van der Waals surface area contributed by atoms with E-state index < -0.39 is 0 Å². The Balaban J connectivity index is 1.41. The number of nitrogens with zero attached hydrogens (tertiary/aromatic N) is 3. The zero-order chi connectivity index (χ0) is 20.1. The van der Waals surface area contributed by atoms with Gasteiger partial charge in [0.15, 0.2) is 5.65 Å². The summed E-state index contributed by atoms with van der Waals surface area (Å²) in [5.41, 5.74) is 2.53. The molecule has 0 bridgehead atoms. The van der Waals surface area contributed by atoms with Crippen LogP contribution in [-0.2, 0) is 6.42 Å². The van der Waals surface area contributed by atoms with Crippen LogP contribution < -0.4 is 15.4 Å². The molecule has 0 atom stereocenters. The molecule has 0 saturated heterocycles. The van der Waals surface area contributed by atoms with Gasteiger partial charge in [-0.05, 0) is 44.0 Å². The summed E-state index contributed by atoms with van der Waals surface area (Å²) >= 11 is 0. The molecule has 0 unspecified atom stereocenters. The Morgan fingerprint density at radius 3 is 2.86 bits per heavy atom. The number of pyridine rings is 1. The minimum absolute atomic E-state index is 0.251. The molecule has 1 fully saturated rings. The Morgan fingerprint density at radius 2 is 2.03 bits per heavy atom. The Labute approximate surface area is 170 Å². The molecule has 29 heavy (non-hydrogen) atoms. The maximum absolute atomic E-state index is 12.4. The van der Waals surface area contributed by atoms with E-state index in [-0.39, 0.29) is 6.03 Å². The summed E-state index contributed by atoms with van der Waals surface area (Å²) in [7, 11) is 0. The Hall–Kier alpha value is -3.09. The first-order valence-electron chi connectivity index (χ1n) is 10.3. The molecule has 2 N–H and O–H groups in total. The number of rotatable bonds is 7. The van der Waals surface area contributed by atoms with Crippen LogP contribution in [-0.4, -0.2) is 33.7 Å². The lowest BCUT2D eigenvalue weighted by Crippen LogP contribution is -2.31. The summed E-state index contributed by atoms with van der Waals surface area (Å²) in [5, 5.41) is 5.80. The third-order valence-electron chi connectivity index (χ3n) is 5.28. The van der Waals surface area contributed by atoms with E-state index in [4.69, 9.17) is 9.72 Å². The van der Waals surface area contributed by atoms with Crippen molar-refractivity contribution in [2.45, 2.75) is 45.1 Å². The van der Waals surface area contributed by atoms with Gasteiger partial charge in [-0.25, -0.2) is 14.8 Å². The largest absolute Gasteiger partial charge is 0.492 e. The van der Waals surface area contributed by atoms with E-state index in [1.807, 2.05) is 49.5 Å². The van der Waals surface area contributed by atoms with E-state index in [1.165, 1.54) is 12.8 Å². The van der Waals surface area contributed by atoms with Crippen molar-refractivity contribution in [1.82, 2.24) is 19.9 Å². The summed E-state index contributed by atoms with van der Waals surface area (Å²) in [5.74, 6) is 1.65. The van der Waals surface area contributed by atoms with E-state index in [9.17, 15) is 4.79 Å². The van der Waals surface area contributed by atoms with Gasteiger partial charge in [-0.1, -0.05) is 25.0 Å². The number of para-hydroxylation sites is 2. The van der Waals surface area contributed by atoms with Crippen molar-refractivity contribution >= 4 is 22.9 Å². The van der Waals surface area contributed by atoms with Crippen molar-refractivity contribution in [3.8, 4) is 5.75 Å². The molecule has 7 nitrogen and oxygen atoms in total. The first-order valence-corrected chi connectivity index (χ1v) is 10.3. The number of nitrogens with one attached hydrogen (secondary N) is 2. The summed E-state index contributed by atoms with van der Waals surface area (Å²) in [4.78, 5) is 21.7. The molecule has 1 aliphatic rings. The van der Waals surface area contributed by atoms with Gasteiger partial charge in [-0.3, -0.25) is 0 Å². The summed E-state index contributed by atoms with van der Waals surface area (Å²) in [6.07, 6.45) is 7.30. The number of benzene rings is 1. The van der Waals surface area contributed by atoms with Gasteiger partial charge < -0.3 is 19.9 Å². The van der Waals surface area contributed by atoms with Gasteiger partial charge in [0.05, 0.1) is 12.3 Å². The Bertz CT molecular complexity index is 978. The van der Waals surface area contributed by atoms with Gasteiger partial charge in [0.25, 0.3) is 0 Å². The van der Waals surface area contributed by atoms with Crippen LogP contribution in [0.4, 0.5) is 10.5 Å². The first kappa shape index (κ1) is 19.2. The van der Waals surface area contributed by atoms with E-state index in [1.54, 1.807) is 0 Å². The van der Waals surface area contributed by atoms with Crippen molar-refractivity contribution in [3.63, 3.8) is 0 Å². The minimum atomic E-state index is -0.251. The van der Waals surface area contributed by atoms with E-state index in [0.29, 0.717) is 37.1 Å². The molecule has 1 aliphatic carbocycles. The second kappa shape index (κ2) is 8.94. The number of imidazole rings is 1. The molecular weight excluding hydrogens is 366 g/mol. The van der Waals surface area contributed by atoms with Crippen LogP contribution in [0.3, 0.4) is 0 Å². The van der Waals surface area contributed by atoms with Crippen LogP contribution in [0, 0.1) is 0 Å². The van der Waals surface area contributed by atoms with Crippen molar-refractivity contribution in [1.29, 1.82) is 0 Å². The second-order valence-corrected chi connectivity index (χ2v) is 7.24. The molecule has 0 spiro atoms. The maximum atomic E-state index is 12.4. The molecule has 1 aromatic carbocycles. The number of carbonyl (C=O) groups is 1. The Morgan fingerprint density at radius 1 is 1.21 bits per heavy atom.